The Bertz CT molecular complexity index is 364. The third-order valence-electron chi connectivity index (χ3n) is 4.79. The highest BCUT2D eigenvalue weighted by Gasteiger charge is 2.62. The van der Waals surface area contributed by atoms with Gasteiger partial charge in [0.25, 0.3) is 0 Å². The van der Waals surface area contributed by atoms with Crippen molar-refractivity contribution in [3.05, 3.63) is 0 Å². The Balaban J connectivity index is 1.90. The maximum Gasteiger partial charge on any atom is 0.314 e. The van der Waals surface area contributed by atoms with E-state index in [-0.39, 0.29) is 17.8 Å². The third kappa shape index (κ3) is 1.98. The fourth-order valence-corrected chi connectivity index (χ4v) is 3.98. The van der Waals surface area contributed by atoms with Crippen LogP contribution >= 0.6 is 0 Å². The van der Waals surface area contributed by atoms with E-state index in [4.69, 9.17) is 14.2 Å². The van der Waals surface area contributed by atoms with Gasteiger partial charge in [0.05, 0.1) is 32.5 Å². The van der Waals surface area contributed by atoms with Crippen molar-refractivity contribution >= 4 is 5.97 Å². The maximum absolute atomic E-state index is 12.1. The average molecular weight is 272 g/mol. The molecule has 0 radical (unpaired) electrons. The molecular formula is C13H20O6. The Morgan fingerprint density at radius 3 is 2.47 bits per heavy atom. The molecule has 108 valence electrons. The minimum atomic E-state index is -0.911. The minimum Gasteiger partial charge on any atom is -0.469 e. The molecule has 1 spiro atoms. The molecule has 0 unspecified atom stereocenters. The zero-order valence-electron chi connectivity index (χ0n) is 10.9. The molecule has 0 aromatic carbocycles. The summed E-state index contributed by atoms with van der Waals surface area (Å²) in [6.45, 7) is 0.941. The molecule has 1 heterocycles. The first-order valence-electron chi connectivity index (χ1n) is 6.79. The lowest BCUT2D eigenvalue weighted by molar-refractivity contribution is -0.202. The van der Waals surface area contributed by atoms with Crippen LogP contribution in [-0.2, 0) is 19.0 Å². The van der Waals surface area contributed by atoms with E-state index >= 15 is 0 Å². The van der Waals surface area contributed by atoms with Crippen LogP contribution in [0.4, 0.5) is 0 Å². The van der Waals surface area contributed by atoms with Gasteiger partial charge >= 0.3 is 5.97 Å². The van der Waals surface area contributed by atoms with Crippen LogP contribution in [0.3, 0.4) is 0 Å². The van der Waals surface area contributed by atoms with Crippen LogP contribution in [0.2, 0.25) is 0 Å². The lowest BCUT2D eigenvalue weighted by Gasteiger charge is -2.35. The molecule has 3 rings (SSSR count). The van der Waals surface area contributed by atoms with Gasteiger partial charge in [0.15, 0.2) is 5.79 Å². The van der Waals surface area contributed by atoms with E-state index in [1.165, 1.54) is 7.11 Å². The largest absolute Gasteiger partial charge is 0.469 e. The van der Waals surface area contributed by atoms with Gasteiger partial charge in [-0.25, -0.2) is 0 Å². The topological polar surface area (TPSA) is 85.2 Å². The van der Waals surface area contributed by atoms with Crippen LogP contribution in [0, 0.1) is 17.8 Å². The van der Waals surface area contributed by atoms with Crippen molar-refractivity contribution in [1.29, 1.82) is 0 Å². The van der Waals surface area contributed by atoms with Crippen molar-refractivity contribution in [3.63, 3.8) is 0 Å². The van der Waals surface area contributed by atoms with Crippen molar-refractivity contribution in [2.45, 2.75) is 37.3 Å². The maximum atomic E-state index is 12.1. The molecule has 19 heavy (non-hydrogen) atoms. The predicted molar refractivity (Wildman–Crippen MR) is 63.0 cm³/mol. The first-order valence-corrected chi connectivity index (χ1v) is 6.79. The summed E-state index contributed by atoms with van der Waals surface area (Å²) in [6.07, 6.45) is -0.0595. The van der Waals surface area contributed by atoms with Gasteiger partial charge in [0.2, 0.25) is 0 Å². The summed E-state index contributed by atoms with van der Waals surface area (Å²) in [7, 11) is 1.35. The van der Waals surface area contributed by atoms with Crippen LogP contribution in [-0.4, -0.2) is 54.5 Å². The van der Waals surface area contributed by atoms with E-state index in [1.807, 2.05) is 0 Å². The van der Waals surface area contributed by atoms with Gasteiger partial charge in [-0.3, -0.25) is 4.79 Å². The highest BCUT2D eigenvalue weighted by Crippen LogP contribution is 2.54. The fraction of sp³-hybridized carbons (Fsp3) is 0.923. The van der Waals surface area contributed by atoms with E-state index in [0.29, 0.717) is 32.5 Å². The first-order chi connectivity index (χ1) is 9.07. The van der Waals surface area contributed by atoms with Crippen molar-refractivity contribution in [2.24, 2.45) is 17.8 Å². The molecule has 1 saturated heterocycles. The van der Waals surface area contributed by atoms with E-state index < -0.39 is 23.9 Å². The second kappa shape index (κ2) is 4.70. The Labute approximate surface area is 111 Å². The van der Waals surface area contributed by atoms with E-state index in [1.54, 1.807) is 0 Å². The zero-order valence-corrected chi connectivity index (χ0v) is 10.9. The van der Waals surface area contributed by atoms with Crippen molar-refractivity contribution < 1.29 is 29.2 Å². The zero-order chi connectivity index (χ0) is 13.6. The molecule has 5 atom stereocenters. The monoisotopic (exact) mass is 272 g/mol. The average Bonchev–Trinajstić information content (AvgIpc) is 2.95. The van der Waals surface area contributed by atoms with E-state index in [9.17, 15) is 15.0 Å². The summed E-state index contributed by atoms with van der Waals surface area (Å²) in [6, 6.07) is 0. The molecule has 2 saturated carbocycles. The minimum absolute atomic E-state index is 0.0519. The highest BCUT2D eigenvalue weighted by atomic mass is 16.7. The number of esters is 1. The summed E-state index contributed by atoms with van der Waals surface area (Å²) >= 11 is 0. The lowest BCUT2D eigenvalue weighted by atomic mass is 9.75. The molecule has 1 aliphatic heterocycles. The molecule has 0 aromatic rings. The smallest absolute Gasteiger partial charge is 0.314 e. The van der Waals surface area contributed by atoms with Crippen molar-refractivity contribution in [1.82, 2.24) is 0 Å². The van der Waals surface area contributed by atoms with Gasteiger partial charge in [-0.2, -0.15) is 0 Å². The number of methoxy groups -OCH3 is 1. The van der Waals surface area contributed by atoms with Crippen molar-refractivity contribution in [3.8, 4) is 0 Å². The molecular weight excluding hydrogens is 252 g/mol. The number of carbonyl (C=O) groups excluding carboxylic acids is 1. The van der Waals surface area contributed by atoms with Crippen LogP contribution in [0.25, 0.3) is 0 Å². The number of carbonyl (C=O) groups is 1. The molecule has 2 N–H and O–H groups in total. The van der Waals surface area contributed by atoms with Gasteiger partial charge in [-0.1, -0.05) is 0 Å². The molecule has 2 aliphatic carbocycles. The van der Waals surface area contributed by atoms with Gasteiger partial charge in [-0.05, 0) is 24.7 Å². The second-order valence-electron chi connectivity index (χ2n) is 5.74. The summed E-state index contributed by atoms with van der Waals surface area (Å²) in [5, 5.41) is 19.6. The van der Waals surface area contributed by atoms with Gasteiger partial charge in [0, 0.05) is 6.42 Å². The summed E-state index contributed by atoms with van der Waals surface area (Å²) in [4.78, 5) is 12.1. The first kappa shape index (κ1) is 13.3. The van der Waals surface area contributed by atoms with Crippen LogP contribution in [0.15, 0.2) is 0 Å². The quantitative estimate of drug-likeness (QED) is 0.636. The van der Waals surface area contributed by atoms with Gasteiger partial charge in [-0.15, -0.1) is 0 Å². The number of aliphatic hydroxyl groups excluding tert-OH is 2. The molecule has 3 aliphatic rings. The van der Waals surface area contributed by atoms with E-state index in [2.05, 4.69) is 0 Å². The number of rotatable bonds is 1. The predicted octanol–water partition coefficient (Wildman–Crippen LogP) is -0.330. The molecule has 0 aromatic heterocycles. The number of ether oxygens (including phenoxy) is 3. The molecule has 6 heteroatoms. The second-order valence-corrected chi connectivity index (χ2v) is 5.74. The summed E-state index contributed by atoms with van der Waals surface area (Å²) in [5.41, 5.74) is 0. The van der Waals surface area contributed by atoms with Crippen LogP contribution in [0.1, 0.15) is 19.3 Å². The number of hydrogen-bond donors (Lipinski definition) is 2. The van der Waals surface area contributed by atoms with Gasteiger partial charge < -0.3 is 24.4 Å². The number of fused-ring (bicyclic) bond motifs is 1. The Morgan fingerprint density at radius 2 is 1.84 bits per heavy atom. The SMILES string of the molecule is COC(=O)[C@H]1[C@@H]2C[C@H](O)[C@H](O)C[C@H]2CC12OCCO2. The third-order valence-corrected chi connectivity index (χ3v) is 4.79. The van der Waals surface area contributed by atoms with E-state index in [0.717, 1.165) is 0 Å². The number of aliphatic hydroxyl groups is 2. The molecule has 0 amide bonds. The Hall–Kier alpha value is -0.690. The van der Waals surface area contributed by atoms with Crippen molar-refractivity contribution in [2.75, 3.05) is 20.3 Å². The van der Waals surface area contributed by atoms with Crippen LogP contribution in [0.5, 0.6) is 0 Å². The Kier molecular flexibility index (Phi) is 3.29. The summed E-state index contributed by atoms with van der Waals surface area (Å²) < 4.78 is 16.3. The molecule has 3 fully saturated rings. The Morgan fingerprint density at radius 1 is 1.21 bits per heavy atom. The highest BCUT2D eigenvalue weighted by molar-refractivity contribution is 5.74. The van der Waals surface area contributed by atoms with Crippen LogP contribution < -0.4 is 0 Å². The molecule has 6 nitrogen and oxygen atoms in total. The fourth-order valence-electron chi connectivity index (χ4n) is 3.98. The normalized spacial score (nSPS) is 44.3. The van der Waals surface area contributed by atoms with Gasteiger partial charge in [0.1, 0.15) is 5.92 Å². The lowest BCUT2D eigenvalue weighted by Crippen LogP contribution is -2.44. The molecule has 0 bridgehead atoms. The summed E-state index contributed by atoms with van der Waals surface area (Å²) in [5.74, 6) is -1.69. The standard InChI is InChI=1S/C13H20O6/c1-17-12(16)11-8-5-10(15)9(14)4-7(8)6-13(11)18-2-3-19-13/h7-11,14-15H,2-6H2,1H3/t7-,8+,9+,10-,11+/m0/s1. The number of hydrogen-bond acceptors (Lipinski definition) is 6.